The van der Waals surface area contributed by atoms with E-state index in [0.29, 0.717) is 23.7 Å². The van der Waals surface area contributed by atoms with Gasteiger partial charge in [0.1, 0.15) is 12.5 Å². The van der Waals surface area contributed by atoms with Gasteiger partial charge < -0.3 is 19.1 Å². The lowest BCUT2D eigenvalue weighted by molar-refractivity contribution is -0.175. The van der Waals surface area contributed by atoms with E-state index in [1.807, 2.05) is 55.1 Å². The molecule has 32 heavy (non-hydrogen) atoms. The monoisotopic (exact) mass is 455 g/mol. The maximum atomic E-state index is 13.6. The number of hydrogen-bond donors (Lipinski definition) is 0. The van der Waals surface area contributed by atoms with Crippen molar-refractivity contribution in [2.24, 2.45) is 5.92 Å². The topological polar surface area (TPSA) is 65.1 Å². The Balaban J connectivity index is 1.81. The molecule has 0 amide bonds. The van der Waals surface area contributed by atoms with Gasteiger partial charge in [0.05, 0.1) is 19.3 Å². The Morgan fingerprint density at radius 3 is 2.62 bits per heavy atom. The Labute approximate surface area is 192 Å². The van der Waals surface area contributed by atoms with Crippen LogP contribution in [0.15, 0.2) is 65.9 Å². The molecule has 0 aliphatic carbocycles. The number of benzene rings is 2. The Morgan fingerprint density at radius 1 is 1.19 bits per heavy atom. The fourth-order valence-electron chi connectivity index (χ4n) is 4.87. The highest BCUT2D eigenvalue weighted by Gasteiger charge is 2.58. The van der Waals surface area contributed by atoms with Crippen LogP contribution in [0.1, 0.15) is 30.9 Å². The highest BCUT2D eigenvalue weighted by molar-refractivity contribution is 6.30. The lowest BCUT2D eigenvalue weighted by Crippen LogP contribution is -2.57. The van der Waals surface area contributed by atoms with E-state index in [9.17, 15) is 9.59 Å². The van der Waals surface area contributed by atoms with Gasteiger partial charge in [0, 0.05) is 23.2 Å². The van der Waals surface area contributed by atoms with Gasteiger partial charge in [-0.2, -0.15) is 0 Å². The molecule has 2 aliphatic heterocycles. The molecule has 2 aliphatic rings. The number of allylic oxidation sites excluding steroid dienone is 1. The van der Waals surface area contributed by atoms with Crippen molar-refractivity contribution in [3.63, 3.8) is 0 Å². The van der Waals surface area contributed by atoms with Gasteiger partial charge in [-0.3, -0.25) is 4.79 Å². The van der Waals surface area contributed by atoms with Crippen molar-refractivity contribution in [1.82, 2.24) is 4.90 Å². The normalized spacial score (nSPS) is 24.8. The first-order chi connectivity index (χ1) is 15.4. The quantitative estimate of drug-likeness (QED) is 0.626. The largest absolute Gasteiger partial charge is 0.466 e. The average molecular weight is 456 g/mol. The van der Waals surface area contributed by atoms with Crippen molar-refractivity contribution < 1.29 is 23.8 Å². The van der Waals surface area contributed by atoms with Crippen LogP contribution >= 0.6 is 11.6 Å². The summed E-state index contributed by atoms with van der Waals surface area (Å²) in [6.45, 7) is 4.87. The smallest absolute Gasteiger partial charge is 0.336 e. The van der Waals surface area contributed by atoms with Gasteiger partial charge in [-0.05, 0) is 37.1 Å². The summed E-state index contributed by atoms with van der Waals surface area (Å²) in [5.74, 6) is -2.36. The molecule has 168 valence electrons. The Kier molecular flexibility index (Phi) is 6.26. The van der Waals surface area contributed by atoms with Crippen LogP contribution in [-0.4, -0.2) is 42.8 Å². The predicted molar refractivity (Wildman–Crippen MR) is 120 cm³/mol. The van der Waals surface area contributed by atoms with Gasteiger partial charge in [-0.25, -0.2) is 4.79 Å². The lowest BCUT2D eigenvalue weighted by Gasteiger charge is -2.48. The number of carbonyl (C=O) groups excluding carboxylic acids is 2. The summed E-state index contributed by atoms with van der Waals surface area (Å²) >= 11 is 6.29. The standard InChI is InChI=1S/C25H26ClNO5/c1-16-20(23(28)30-3)21(18-10-7-11-19(26)14-18)22(25(2)27(16)12-13-32-25)24(29)31-15-17-8-5-4-6-9-17/h4-11,14,21-22H,12-13,15H2,1-3H3/t21-,22-,25+/m1/s1. The molecule has 2 aromatic rings. The minimum absolute atomic E-state index is 0.130. The van der Waals surface area contributed by atoms with E-state index in [1.165, 1.54) is 7.11 Å². The van der Waals surface area contributed by atoms with E-state index in [2.05, 4.69) is 0 Å². The molecule has 6 nitrogen and oxygen atoms in total. The number of nitrogens with zero attached hydrogens (tertiary/aromatic N) is 1. The molecule has 2 heterocycles. The van der Waals surface area contributed by atoms with Crippen molar-refractivity contribution in [1.29, 1.82) is 0 Å². The Bertz CT molecular complexity index is 1050. The van der Waals surface area contributed by atoms with Crippen molar-refractivity contribution in [2.75, 3.05) is 20.3 Å². The molecule has 1 saturated heterocycles. The number of halogens is 1. The zero-order chi connectivity index (χ0) is 22.9. The molecule has 2 aromatic carbocycles. The molecule has 1 fully saturated rings. The summed E-state index contributed by atoms with van der Waals surface area (Å²) in [6.07, 6.45) is 0. The van der Waals surface area contributed by atoms with Crippen LogP contribution in [0.25, 0.3) is 0 Å². The summed E-state index contributed by atoms with van der Waals surface area (Å²) in [5, 5.41) is 0.515. The fraction of sp³-hybridized carbons (Fsp3) is 0.360. The molecule has 0 bridgehead atoms. The predicted octanol–water partition coefficient (Wildman–Crippen LogP) is 4.29. The second kappa shape index (κ2) is 8.96. The second-order valence-electron chi connectivity index (χ2n) is 8.15. The van der Waals surface area contributed by atoms with Gasteiger partial charge >= 0.3 is 11.9 Å². The second-order valence-corrected chi connectivity index (χ2v) is 8.59. The van der Waals surface area contributed by atoms with Crippen molar-refractivity contribution in [2.45, 2.75) is 32.1 Å². The van der Waals surface area contributed by atoms with Crippen molar-refractivity contribution in [3.8, 4) is 0 Å². The fourth-order valence-corrected chi connectivity index (χ4v) is 5.06. The third-order valence-corrected chi connectivity index (χ3v) is 6.59. The minimum atomic E-state index is -0.970. The minimum Gasteiger partial charge on any atom is -0.466 e. The van der Waals surface area contributed by atoms with Crippen LogP contribution in [0.5, 0.6) is 0 Å². The molecule has 4 rings (SSSR count). The van der Waals surface area contributed by atoms with Crippen molar-refractivity contribution in [3.05, 3.63) is 82.0 Å². The van der Waals surface area contributed by atoms with E-state index in [-0.39, 0.29) is 6.61 Å². The van der Waals surface area contributed by atoms with Crippen LogP contribution in [0.3, 0.4) is 0 Å². The Hall–Kier alpha value is -2.83. The highest BCUT2D eigenvalue weighted by atomic mass is 35.5. The third-order valence-electron chi connectivity index (χ3n) is 6.35. The average Bonchev–Trinajstić information content (AvgIpc) is 3.20. The van der Waals surface area contributed by atoms with Crippen LogP contribution in [0, 0.1) is 5.92 Å². The number of esters is 2. The van der Waals surface area contributed by atoms with Crippen LogP contribution < -0.4 is 0 Å². The molecule has 0 aromatic heterocycles. The van der Waals surface area contributed by atoms with Crippen molar-refractivity contribution >= 4 is 23.5 Å². The number of hydrogen-bond acceptors (Lipinski definition) is 6. The molecule has 0 unspecified atom stereocenters. The van der Waals surface area contributed by atoms with Crippen LogP contribution in [0.4, 0.5) is 0 Å². The summed E-state index contributed by atoms with van der Waals surface area (Å²) in [4.78, 5) is 28.5. The zero-order valence-electron chi connectivity index (χ0n) is 18.3. The van der Waals surface area contributed by atoms with E-state index in [1.54, 1.807) is 18.2 Å². The summed E-state index contributed by atoms with van der Waals surface area (Å²) < 4.78 is 17.0. The lowest BCUT2D eigenvalue weighted by atomic mass is 9.71. The number of methoxy groups -OCH3 is 1. The highest BCUT2D eigenvalue weighted by Crippen LogP contribution is 2.51. The SMILES string of the molecule is COC(=O)C1=C(C)N2CCO[C@@]2(C)[C@@H](C(=O)OCc2ccccc2)[C@@H]1c1cccc(Cl)c1. The van der Waals surface area contributed by atoms with Crippen LogP contribution in [-0.2, 0) is 30.4 Å². The molecular weight excluding hydrogens is 430 g/mol. The maximum Gasteiger partial charge on any atom is 0.336 e. The summed E-state index contributed by atoms with van der Waals surface area (Å²) in [5.41, 5.74) is 1.79. The molecule has 0 N–H and O–H groups in total. The van der Waals surface area contributed by atoms with E-state index < -0.39 is 29.5 Å². The van der Waals surface area contributed by atoms with Gasteiger partial charge in [-0.15, -0.1) is 0 Å². The molecule has 7 heteroatoms. The molecule has 0 saturated carbocycles. The number of rotatable bonds is 5. The van der Waals surface area contributed by atoms with E-state index >= 15 is 0 Å². The first-order valence-electron chi connectivity index (χ1n) is 10.5. The van der Waals surface area contributed by atoms with E-state index in [0.717, 1.165) is 16.8 Å². The number of ether oxygens (including phenoxy) is 3. The Morgan fingerprint density at radius 2 is 1.94 bits per heavy atom. The van der Waals surface area contributed by atoms with Gasteiger partial charge in [0.2, 0.25) is 0 Å². The summed E-state index contributed by atoms with van der Waals surface area (Å²) in [6, 6.07) is 16.7. The first kappa shape index (κ1) is 22.4. The number of carbonyl (C=O) groups is 2. The molecule has 0 spiro atoms. The third kappa shape index (κ3) is 3.89. The zero-order valence-corrected chi connectivity index (χ0v) is 19.1. The van der Waals surface area contributed by atoms with Gasteiger partial charge in [0.25, 0.3) is 0 Å². The van der Waals surface area contributed by atoms with Gasteiger partial charge in [0.15, 0.2) is 5.72 Å². The maximum absolute atomic E-state index is 13.6. The van der Waals surface area contributed by atoms with Gasteiger partial charge in [-0.1, -0.05) is 54.1 Å². The molecular formula is C25H26ClNO5. The first-order valence-corrected chi connectivity index (χ1v) is 10.9. The van der Waals surface area contributed by atoms with E-state index in [4.69, 9.17) is 25.8 Å². The number of fused-ring (bicyclic) bond motifs is 1. The molecule has 0 radical (unpaired) electrons. The van der Waals surface area contributed by atoms with Crippen LogP contribution in [0.2, 0.25) is 5.02 Å². The molecule has 3 atom stereocenters. The summed E-state index contributed by atoms with van der Waals surface area (Å²) in [7, 11) is 1.34.